The van der Waals surface area contributed by atoms with Crippen LogP contribution in [0.1, 0.15) is 41.7 Å². The van der Waals surface area contributed by atoms with Crippen molar-refractivity contribution < 1.29 is 9.21 Å². The van der Waals surface area contributed by atoms with E-state index in [0.717, 1.165) is 20.3 Å². The fourth-order valence-corrected chi connectivity index (χ4v) is 3.59. The maximum atomic E-state index is 12.4. The molecule has 3 rings (SSSR count). The highest BCUT2D eigenvalue weighted by Gasteiger charge is 2.18. The average Bonchev–Trinajstić information content (AvgIpc) is 3.24. The second kappa shape index (κ2) is 8.18. The fourth-order valence-electron chi connectivity index (χ4n) is 2.39. The highest BCUT2D eigenvalue weighted by Crippen LogP contribution is 2.24. The molecule has 0 aliphatic heterocycles. The van der Waals surface area contributed by atoms with Gasteiger partial charge in [0, 0.05) is 15.1 Å². The number of nitrogens with zero attached hydrogens (tertiary/aromatic N) is 3. The van der Waals surface area contributed by atoms with Gasteiger partial charge in [0.2, 0.25) is 0 Å². The number of hydrogen-bond donors (Lipinski definition) is 0. The molecule has 0 fully saturated rings. The molecular weight excluding hydrogens is 449 g/mol. The van der Waals surface area contributed by atoms with E-state index < -0.39 is 0 Å². The van der Waals surface area contributed by atoms with Gasteiger partial charge in [0.25, 0.3) is 0 Å². The first-order valence-corrected chi connectivity index (χ1v) is 9.98. The van der Waals surface area contributed by atoms with E-state index in [2.05, 4.69) is 46.6 Å². The van der Waals surface area contributed by atoms with Crippen LogP contribution in [0.3, 0.4) is 0 Å². The molecule has 0 amide bonds. The van der Waals surface area contributed by atoms with Crippen molar-refractivity contribution in [2.45, 2.75) is 31.5 Å². The standard InChI is InChI=1S/C18H18IN3O2S/c1-12(2)17-20-21-18(22(17)10-15-4-3-9-24-15)25-11-16(23)13-5-7-14(19)8-6-13/h3-9,12H,10-11H2,1-2H3. The fraction of sp³-hybridized carbons (Fsp3) is 0.278. The summed E-state index contributed by atoms with van der Waals surface area (Å²) in [5, 5.41) is 9.31. The molecule has 0 radical (unpaired) electrons. The van der Waals surface area contributed by atoms with E-state index in [1.807, 2.05) is 41.0 Å². The summed E-state index contributed by atoms with van der Waals surface area (Å²) in [5.41, 5.74) is 0.717. The Bertz CT molecular complexity index is 842. The SMILES string of the molecule is CC(C)c1nnc(SCC(=O)c2ccc(I)cc2)n1Cc1ccco1. The highest BCUT2D eigenvalue weighted by molar-refractivity contribution is 14.1. The first-order valence-electron chi connectivity index (χ1n) is 7.91. The zero-order valence-corrected chi connectivity index (χ0v) is 17.0. The second-order valence-electron chi connectivity index (χ2n) is 5.88. The van der Waals surface area contributed by atoms with Gasteiger partial charge in [0.15, 0.2) is 10.9 Å². The minimum absolute atomic E-state index is 0.0834. The summed E-state index contributed by atoms with van der Waals surface area (Å²) in [4.78, 5) is 12.4. The lowest BCUT2D eigenvalue weighted by molar-refractivity contribution is 0.102. The van der Waals surface area contributed by atoms with Gasteiger partial charge in [-0.3, -0.25) is 9.36 Å². The summed E-state index contributed by atoms with van der Waals surface area (Å²) in [6.45, 7) is 4.72. The predicted octanol–water partition coefficient (Wildman–Crippen LogP) is 4.62. The van der Waals surface area contributed by atoms with Gasteiger partial charge < -0.3 is 4.42 Å². The smallest absolute Gasteiger partial charge is 0.192 e. The molecule has 0 unspecified atom stereocenters. The van der Waals surface area contributed by atoms with Gasteiger partial charge >= 0.3 is 0 Å². The van der Waals surface area contributed by atoms with E-state index in [1.54, 1.807) is 6.26 Å². The molecule has 0 atom stereocenters. The van der Waals surface area contributed by atoms with Crippen molar-refractivity contribution in [3.8, 4) is 0 Å². The van der Waals surface area contributed by atoms with Crippen LogP contribution in [-0.4, -0.2) is 26.3 Å². The number of thioether (sulfide) groups is 1. The Labute approximate surface area is 164 Å². The van der Waals surface area contributed by atoms with Crippen LogP contribution in [0.4, 0.5) is 0 Å². The third-order valence-electron chi connectivity index (χ3n) is 3.65. The van der Waals surface area contributed by atoms with Crippen molar-refractivity contribution in [1.29, 1.82) is 0 Å². The monoisotopic (exact) mass is 467 g/mol. The molecule has 7 heteroatoms. The molecule has 130 valence electrons. The number of aromatic nitrogens is 3. The predicted molar refractivity (Wildman–Crippen MR) is 106 cm³/mol. The van der Waals surface area contributed by atoms with Gasteiger partial charge in [-0.2, -0.15) is 0 Å². The highest BCUT2D eigenvalue weighted by atomic mass is 127. The van der Waals surface area contributed by atoms with E-state index in [0.29, 0.717) is 17.9 Å². The Balaban J connectivity index is 1.75. The zero-order valence-electron chi connectivity index (χ0n) is 14.0. The molecule has 0 saturated heterocycles. The summed E-state index contributed by atoms with van der Waals surface area (Å²) in [7, 11) is 0. The van der Waals surface area contributed by atoms with E-state index >= 15 is 0 Å². The van der Waals surface area contributed by atoms with Crippen molar-refractivity contribution in [2.75, 3.05) is 5.75 Å². The quantitative estimate of drug-likeness (QED) is 0.288. The number of carbonyl (C=O) groups is 1. The molecule has 2 heterocycles. The van der Waals surface area contributed by atoms with Gasteiger partial charge in [-0.15, -0.1) is 10.2 Å². The number of furan rings is 1. The molecular formula is C18H18IN3O2S. The van der Waals surface area contributed by atoms with Crippen molar-refractivity contribution in [2.24, 2.45) is 0 Å². The molecule has 0 aliphatic carbocycles. The topological polar surface area (TPSA) is 60.9 Å². The van der Waals surface area contributed by atoms with E-state index in [1.165, 1.54) is 11.8 Å². The molecule has 0 saturated carbocycles. The Kier molecular flexibility index (Phi) is 5.95. The first-order chi connectivity index (χ1) is 12.0. The third kappa shape index (κ3) is 4.52. The first kappa shape index (κ1) is 18.2. The summed E-state index contributed by atoms with van der Waals surface area (Å²) in [6, 6.07) is 11.4. The number of Topliss-reactive ketones (excluding diaryl/α,β-unsaturated/α-hetero) is 1. The number of rotatable bonds is 7. The lowest BCUT2D eigenvalue weighted by atomic mass is 10.2. The lowest BCUT2D eigenvalue weighted by Crippen LogP contribution is -2.09. The van der Waals surface area contributed by atoms with Crippen molar-refractivity contribution in [1.82, 2.24) is 14.8 Å². The normalized spacial score (nSPS) is 11.2. The number of benzene rings is 1. The van der Waals surface area contributed by atoms with Crippen LogP contribution < -0.4 is 0 Å². The summed E-state index contributed by atoms with van der Waals surface area (Å²) in [6.07, 6.45) is 1.65. The number of ketones is 1. The van der Waals surface area contributed by atoms with Crippen molar-refractivity contribution in [3.05, 3.63) is 63.4 Å². The number of carbonyl (C=O) groups excluding carboxylic acids is 1. The van der Waals surface area contributed by atoms with Gasteiger partial charge in [-0.1, -0.05) is 37.7 Å². The van der Waals surface area contributed by atoms with Crippen LogP contribution in [0.5, 0.6) is 0 Å². The molecule has 0 spiro atoms. The zero-order chi connectivity index (χ0) is 17.8. The largest absolute Gasteiger partial charge is 0.467 e. The van der Waals surface area contributed by atoms with E-state index in [9.17, 15) is 4.79 Å². The van der Waals surface area contributed by atoms with E-state index in [-0.39, 0.29) is 11.7 Å². The Hall–Kier alpha value is -1.61. The number of halogens is 1. The van der Waals surface area contributed by atoms with E-state index in [4.69, 9.17) is 4.42 Å². The Morgan fingerprint density at radius 2 is 2.00 bits per heavy atom. The van der Waals surface area contributed by atoms with Gasteiger partial charge in [-0.25, -0.2) is 0 Å². The Morgan fingerprint density at radius 3 is 2.64 bits per heavy atom. The Morgan fingerprint density at radius 1 is 1.24 bits per heavy atom. The van der Waals surface area contributed by atoms with Crippen molar-refractivity contribution >= 4 is 40.1 Å². The lowest BCUT2D eigenvalue weighted by Gasteiger charge is -2.10. The molecule has 3 aromatic rings. The third-order valence-corrected chi connectivity index (χ3v) is 5.34. The van der Waals surface area contributed by atoms with Crippen LogP contribution in [0.2, 0.25) is 0 Å². The molecule has 0 aliphatic rings. The maximum Gasteiger partial charge on any atom is 0.192 e. The number of hydrogen-bond acceptors (Lipinski definition) is 5. The minimum Gasteiger partial charge on any atom is -0.467 e. The molecule has 5 nitrogen and oxygen atoms in total. The van der Waals surface area contributed by atoms with Gasteiger partial charge in [0.1, 0.15) is 11.6 Å². The molecule has 1 aromatic carbocycles. The van der Waals surface area contributed by atoms with Crippen LogP contribution in [0, 0.1) is 3.57 Å². The molecule has 0 N–H and O–H groups in total. The molecule has 25 heavy (non-hydrogen) atoms. The van der Waals surface area contributed by atoms with Gasteiger partial charge in [0.05, 0.1) is 18.6 Å². The van der Waals surface area contributed by atoms with Crippen LogP contribution in [0.15, 0.2) is 52.2 Å². The summed E-state index contributed by atoms with van der Waals surface area (Å²) >= 11 is 3.64. The summed E-state index contributed by atoms with van der Waals surface area (Å²) in [5.74, 6) is 2.38. The summed E-state index contributed by atoms with van der Waals surface area (Å²) < 4.78 is 8.59. The van der Waals surface area contributed by atoms with Crippen molar-refractivity contribution in [3.63, 3.8) is 0 Å². The maximum absolute atomic E-state index is 12.4. The van der Waals surface area contributed by atoms with Crippen LogP contribution >= 0.6 is 34.4 Å². The van der Waals surface area contributed by atoms with Crippen LogP contribution in [-0.2, 0) is 6.54 Å². The molecule has 2 aromatic heterocycles. The molecule has 0 bridgehead atoms. The van der Waals surface area contributed by atoms with Crippen LogP contribution in [0.25, 0.3) is 0 Å². The van der Waals surface area contributed by atoms with Gasteiger partial charge in [-0.05, 0) is 46.9 Å². The average molecular weight is 467 g/mol. The second-order valence-corrected chi connectivity index (χ2v) is 8.07. The minimum atomic E-state index is 0.0834.